The van der Waals surface area contributed by atoms with Crippen molar-refractivity contribution in [1.29, 1.82) is 0 Å². The predicted octanol–water partition coefficient (Wildman–Crippen LogP) is -2.66. The van der Waals surface area contributed by atoms with Gasteiger partial charge in [0.05, 0.1) is 12.9 Å². The van der Waals surface area contributed by atoms with Gasteiger partial charge in [0, 0.05) is 0 Å². The lowest BCUT2D eigenvalue weighted by atomic mass is 10.1. The number of aliphatic hydroxyl groups excluding tert-OH is 2. The van der Waals surface area contributed by atoms with Gasteiger partial charge in [-0.05, 0) is 0 Å². The lowest BCUT2D eigenvalue weighted by Gasteiger charge is -2.25. The highest BCUT2D eigenvalue weighted by atomic mass is 16.6. The van der Waals surface area contributed by atoms with E-state index in [1.807, 2.05) is 0 Å². The van der Waals surface area contributed by atoms with Crippen LogP contribution in [0.1, 0.15) is 6.23 Å². The monoisotopic (exact) mass is 283 g/mol. The van der Waals surface area contributed by atoms with Crippen molar-refractivity contribution < 1.29 is 25.2 Å². The molecule has 0 amide bonds. The van der Waals surface area contributed by atoms with Gasteiger partial charge in [0.15, 0.2) is 17.7 Å². The van der Waals surface area contributed by atoms with Crippen LogP contribution in [0.15, 0.2) is 12.7 Å². The molecule has 2 aromatic rings. The SMILES string of the molecule is Nc1ncnc2c1ncn2[C@@H]1O[C@H](CO)[C@@H](O)C1(O)O. The quantitative estimate of drug-likeness (QED) is 0.370. The van der Waals surface area contributed by atoms with E-state index in [9.17, 15) is 15.3 Å². The molecule has 6 N–H and O–H groups in total. The lowest BCUT2D eigenvalue weighted by Crippen LogP contribution is -2.46. The van der Waals surface area contributed by atoms with Gasteiger partial charge in [0.2, 0.25) is 5.79 Å². The van der Waals surface area contributed by atoms with E-state index in [-0.39, 0.29) is 17.0 Å². The Kier molecular flexibility index (Phi) is 2.84. The second kappa shape index (κ2) is 4.33. The Balaban J connectivity index is 2.10. The molecular formula is C10H13N5O5. The number of nitrogen functional groups attached to an aromatic ring is 1. The van der Waals surface area contributed by atoms with Crippen molar-refractivity contribution in [2.75, 3.05) is 12.3 Å². The largest absolute Gasteiger partial charge is 0.394 e. The molecule has 1 fully saturated rings. The van der Waals surface area contributed by atoms with Crippen molar-refractivity contribution in [2.24, 2.45) is 0 Å². The van der Waals surface area contributed by atoms with E-state index in [2.05, 4.69) is 15.0 Å². The minimum atomic E-state index is -2.60. The van der Waals surface area contributed by atoms with Gasteiger partial charge >= 0.3 is 0 Å². The molecule has 0 aliphatic carbocycles. The molecule has 2 aromatic heterocycles. The first-order valence-electron chi connectivity index (χ1n) is 5.79. The maximum Gasteiger partial charge on any atom is 0.239 e. The predicted molar refractivity (Wildman–Crippen MR) is 63.9 cm³/mol. The van der Waals surface area contributed by atoms with Gasteiger partial charge in [-0.15, -0.1) is 0 Å². The number of aliphatic hydroxyl groups is 4. The molecule has 108 valence electrons. The van der Waals surface area contributed by atoms with Crippen LogP contribution in [0.5, 0.6) is 0 Å². The summed E-state index contributed by atoms with van der Waals surface area (Å²) in [6, 6.07) is 0. The van der Waals surface area contributed by atoms with Gasteiger partial charge in [-0.3, -0.25) is 4.57 Å². The van der Waals surface area contributed by atoms with Crippen LogP contribution in [-0.4, -0.2) is 64.5 Å². The van der Waals surface area contributed by atoms with Crippen molar-refractivity contribution >= 4 is 17.0 Å². The number of rotatable bonds is 2. The fourth-order valence-electron chi connectivity index (χ4n) is 2.21. The van der Waals surface area contributed by atoms with E-state index in [1.165, 1.54) is 17.2 Å². The second-order valence-corrected chi connectivity index (χ2v) is 4.52. The molecule has 0 aromatic carbocycles. The molecular weight excluding hydrogens is 270 g/mol. The number of anilines is 1. The molecule has 20 heavy (non-hydrogen) atoms. The van der Waals surface area contributed by atoms with Crippen LogP contribution >= 0.6 is 0 Å². The van der Waals surface area contributed by atoms with E-state index < -0.39 is 30.8 Å². The molecule has 1 aliphatic rings. The summed E-state index contributed by atoms with van der Waals surface area (Å²) in [5.41, 5.74) is 6.13. The summed E-state index contributed by atoms with van der Waals surface area (Å²) < 4.78 is 6.47. The van der Waals surface area contributed by atoms with Gasteiger partial charge in [0.25, 0.3) is 0 Å². The van der Waals surface area contributed by atoms with Crippen LogP contribution in [0.2, 0.25) is 0 Å². The zero-order valence-electron chi connectivity index (χ0n) is 10.2. The van der Waals surface area contributed by atoms with Gasteiger partial charge < -0.3 is 30.9 Å². The van der Waals surface area contributed by atoms with Crippen molar-refractivity contribution in [3.05, 3.63) is 12.7 Å². The van der Waals surface area contributed by atoms with Crippen molar-refractivity contribution in [1.82, 2.24) is 19.5 Å². The highest BCUT2D eigenvalue weighted by Gasteiger charge is 2.55. The van der Waals surface area contributed by atoms with Gasteiger partial charge in [-0.2, -0.15) is 0 Å². The smallest absolute Gasteiger partial charge is 0.239 e. The molecule has 0 radical (unpaired) electrons. The van der Waals surface area contributed by atoms with Crippen LogP contribution in [0, 0.1) is 0 Å². The maximum atomic E-state index is 9.97. The highest BCUT2D eigenvalue weighted by molar-refractivity contribution is 5.81. The van der Waals surface area contributed by atoms with Crippen LogP contribution in [0.25, 0.3) is 11.2 Å². The van der Waals surface area contributed by atoms with Crippen LogP contribution in [-0.2, 0) is 4.74 Å². The molecule has 0 spiro atoms. The van der Waals surface area contributed by atoms with Crippen molar-refractivity contribution in [3.63, 3.8) is 0 Å². The Morgan fingerprint density at radius 3 is 2.75 bits per heavy atom. The third kappa shape index (κ3) is 1.67. The first kappa shape index (κ1) is 13.1. The van der Waals surface area contributed by atoms with E-state index in [1.54, 1.807) is 0 Å². The minimum Gasteiger partial charge on any atom is -0.394 e. The number of imidazole rings is 1. The molecule has 1 saturated heterocycles. The molecule has 1 aliphatic heterocycles. The summed E-state index contributed by atoms with van der Waals surface area (Å²) in [5.74, 6) is -2.46. The van der Waals surface area contributed by atoms with Gasteiger partial charge in [-0.25, -0.2) is 15.0 Å². The highest BCUT2D eigenvalue weighted by Crippen LogP contribution is 2.37. The molecule has 3 rings (SSSR count). The number of hydrogen-bond acceptors (Lipinski definition) is 9. The average Bonchev–Trinajstić information content (AvgIpc) is 2.92. The number of ether oxygens (including phenoxy) is 1. The Hall–Kier alpha value is -1.85. The van der Waals surface area contributed by atoms with E-state index >= 15 is 0 Å². The third-order valence-electron chi connectivity index (χ3n) is 3.27. The summed E-state index contributed by atoms with van der Waals surface area (Å²) in [6.45, 7) is -0.565. The Morgan fingerprint density at radius 2 is 2.10 bits per heavy atom. The first-order chi connectivity index (χ1) is 9.46. The number of nitrogens with zero attached hydrogens (tertiary/aromatic N) is 4. The standard InChI is InChI=1S/C10H13N5O5/c11-7-5-8(13-2-12-7)15(3-14-5)9-10(18,19)6(17)4(1-16)20-9/h2-4,6,9,16-19H,1H2,(H2,11,12,13)/t4-,6-,9-/m1/s1. The van der Waals surface area contributed by atoms with Crippen LogP contribution in [0.4, 0.5) is 5.82 Å². The molecule has 3 atom stereocenters. The zero-order chi connectivity index (χ0) is 14.5. The third-order valence-corrected chi connectivity index (χ3v) is 3.27. The van der Waals surface area contributed by atoms with Gasteiger partial charge in [-0.1, -0.05) is 0 Å². The van der Waals surface area contributed by atoms with Crippen molar-refractivity contribution in [3.8, 4) is 0 Å². The fraction of sp³-hybridized carbons (Fsp3) is 0.500. The maximum absolute atomic E-state index is 9.97. The fourth-order valence-corrected chi connectivity index (χ4v) is 2.21. The number of aromatic nitrogens is 4. The Morgan fingerprint density at radius 1 is 1.35 bits per heavy atom. The van der Waals surface area contributed by atoms with E-state index in [0.717, 1.165) is 0 Å². The van der Waals surface area contributed by atoms with Crippen LogP contribution in [0.3, 0.4) is 0 Å². The number of nitrogens with two attached hydrogens (primary N) is 1. The summed E-state index contributed by atoms with van der Waals surface area (Å²) >= 11 is 0. The molecule has 0 saturated carbocycles. The van der Waals surface area contributed by atoms with Crippen LogP contribution < -0.4 is 5.73 Å². The lowest BCUT2D eigenvalue weighted by molar-refractivity contribution is -0.247. The molecule has 10 nitrogen and oxygen atoms in total. The number of hydrogen-bond donors (Lipinski definition) is 5. The molecule has 3 heterocycles. The van der Waals surface area contributed by atoms with Crippen molar-refractivity contribution in [2.45, 2.75) is 24.2 Å². The molecule has 0 bridgehead atoms. The number of fused-ring (bicyclic) bond motifs is 1. The zero-order valence-corrected chi connectivity index (χ0v) is 10.2. The van der Waals surface area contributed by atoms with E-state index in [0.29, 0.717) is 0 Å². The average molecular weight is 283 g/mol. The second-order valence-electron chi connectivity index (χ2n) is 4.52. The van der Waals surface area contributed by atoms with Gasteiger partial charge in [0.1, 0.15) is 24.1 Å². The molecule has 0 unspecified atom stereocenters. The Bertz CT molecular complexity index is 644. The summed E-state index contributed by atoms with van der Waals surface area (Å²) in [5, 5.41) is 38.7. The summed E-state index contributed by atoms with van der Waals surface area (Å²) in [4.78, 5) is 11.7. The normalized spacial score (nSPS) is 29.1. The topological polar surface area (TPSA) is 160 Å². The Labute approximate surface area is 112 Å². The summed E-state index contributed by atoms with van der Waals surface area (Å²) in [6.07, 6.45) is -1.75. The van der Waals surface area contributed by atoms with E-state index in [4.69, 9.17) is 15.6 Å². The molecule has 10 heteroatoms. The minimum absolute atomic E-state index is 0.132. The summed E-state index contributed by atoms with van der Waals surface area (Å²) in [7, 11) is 0. The first-order valence-corrected chi connectivity index (χ1v) is 5.79.